The Bertz CT molecular complexity index is 835. The number of rotatable bonds is 6. The zero-order valence-electron chi connectivity index (χ0n) is 13.1. The lowest BCUT2D eigenvalue weighted by molar-refractivity contribution is 0.263. The van der Waals surface area contributed by atoms with Crippen molar-refractivity contribution in [1.29, 1.82) is 0 Å². The predicted octanol–water partition coefficient (Wildman–Crippen LogP) is 4.29. The van der Waals surface area contributed by atoms with Gasteiger partial charge in [0.25, 0.3) is 0 Å². The van der Waals surface area contributed by atoms with Gasteiger partial charge < -0.3 is 14.0 Å². The Morgan fingerprint density at radius 1 is 1.04 bits per heavy atom. The zero-order valence-corrected chi connectivity index (χ0v) is 13.1. The molecule has 0 saturated carbocycles. The summed E-state index contributed by atoms with van der Waals surface area (Å²) < 4.78 is 16.2. The Morgan fingerprint density at radius 2 is 1.92 bits per heavy atom. The quantitative estimate of drug-likeness (QED) is 0.636. The molecule has 1 saturated heterocycles. The van der Waals surface area contributed by atoms with Gasteiger partial charge in [0, 0.05) is 11.6 Å². The number of nitrogens with zero attached hydrogens (tertiary/aromatic N) is 1. The highest BCUT2D eigenvalue weighted by molar-refractivity contribution is 5.70. The SMILES string of the molecule is C(=C\c1cc(-c2ccccc2)no1)/c1cccc(OCC2CO2)c1. The lowest BCUT2D eigenvalue weighted by atomic mass is 10.1. The highest BCUT2D eigenvalue weighted by Crippen LogP contribution is 2.21. The molecule has 2 heterocycles. The molecule has 1 atom stereocenters. The summed E-state index contributed by atoms with van der Waals surface area (Å²) in [6.07, 6.45) is 4.15. The summed E-state index contributed by atoms with van der Waals surface area (Å²) in [5, 5.41) is 4.11. The first-order valence-electron chi connectivity index (χ1n) is 7.91. The summed E-state index contributed by atoms with van der Waals surface area (Å²) >= 11 is 0. The molecule has 1 fully saturated rings. The number of aromatic nitrogens is 1. The molecule has 2 aromatic carbocycles. The van der Waals surface area contributed by atoms with Gasteiger partial charge in [0.1, 0.15) is 24.2 Å². The van der Waals surface area contributed by atoms with E-state index in [4.69, 9.17) is 14.0 Å². The second kappa shape index (κ2) is 6.72. The van der Waals surface area contributed by atoms with Crippen LogP contribution in [-0.4, -0.2) is 24.5 Å². The van der Waals surface area contributed by atoms with Crippen LogP contribution in [0.15, 0.2) is 65.2 Å². The number of hydrogen-bond acceptors (Lipinski definition) is 4. The third-order valence-electron chi connectivity index (χ3n) is 3.73. The Kier molecular flexibility index (Phi) is 4.13. The third-order valence-corrected chi connectivity index (χ3v) is 3.73. The highest BCUT2D eigenvalue weighted by atomic mass is 16.6. The van der Waals surface area contributed by atoms with Crippen LogP contribution in [0.3, 0.4) is 0 Å². The van der Waals surface area contributed by atoms with E-state index in [1.165, 1.54) is 0 Å². The van der Waals surface area contributed by atoms with Gasteiger partial charge in [-0.3, -0.25) is 0 Å². The van der Waals surface area contributed by atoms with Gasteiger partial charge in [-0.15, -0.1) is 0 Å². The maximum atomic E-state index is 5.69. The van der Waals surface area contributed by atoms with E-state index in [0.717, 1.165) is 29.2 Å². The van der Waals surface area contributed by atoms with Gasteiger partial charge >= 0.3 is 0 Å². The summed E-state index contributed by atoms with van der Waals surface area (Å²) in [5.74, 6) is 1.56. The van der Waals surface area contributed by atoms with Crippen LogP contribution in [0.2, 0.25) is 0 Å². The minimum Gasteiger partial charge on any atom is -0.491 e. The van der Waals surface area contributed by atoms with E-state index in [-0.39, 0.29) is 6.10 Å². The first kappa shape index (κ1) is 14.7. The van der Waals surface area contributed by atoms with Gasteiger partial charge in [-0.2, -0.15) is 0 Å². The topological polar surface area (TPSA) is 47.8 Å². The Morgan fingerprint density at radius 3 is 2.75 bits per heavy atom. The summed E-state index contributed by atoms with van der Waals surface area (Å²) in [5.41, 5.74) is 2.91. The molecule has 1 unspecified atom stereocenters. The van der Waals surface area contributed by atoms with Crippen LogP contribution in [-0.2, 0) is 4.74 Å². The van der Waals surface area contributed by atoms with Gasteiger partial charge in [-0.1, -0.05) is 53.7 Å². The lowest BCUT2D eigenvalue weighted by Gasteiger charge is -2.04. The average molecular weight is 319 g/mol. The number of hydrogen-bond donors (Lipinski definition) is 0. The molecule has 4 heteroatoms. The minimum absolute atomic E-state index is 0.259. The largest absolute Gasteiger partial charge is 0.491 e. The standard InChI is InChI=1S/C20H17NO3/c1-2-6-16(7-3-1)20-12-18(24-21-20)10-9-15-5-4-8-17(11-15)22-13-19-14-23-19/h1-12,19H,13-14H2/b10-9+. The Hall–Kier alpha value is -2.85. The third kappa shape index (κ3) is 3.73. The van der Waals surface area contributed by atoms with Crippen molar-refractivity contribution < 1.29 is 14.0 Å². The normalized spacial score (nSPS) is 16.4. The predicted molar refractivity (Wildman–Crippen MR) is 92.5 cm³/mol. The molecule has 24 heavy (non-hydrogen) atoms. The van der Waals surface area contributed by atoms with Gasteiger partial charge in [-0.05, 0) is 23.8 Å². The van der Waals surface area contributed by atoms with Crippen molar-refractivity contribution in [3.05, 3.63) is 72.0 Å². The van der Waals surface area contributed by atoms with E-state index in [2.05, 4.69) is 5.16 Å². The van der Waals surface area contributed by atoms with E-state index in [1.807, 2.05) is 72.8 Å². The van der Waals surface area contributed by atoms with Crippen LogP contribution in [0.4, 0.5) is 0 Å². The number of epoxide rings is 1. The van der Waals surface area contributed by atoms with Crippen LogP contribution in [0, 0.1) is 0 Å². The fraction of sp³-hybridized carbons (Fsp3) is 0.150. The van der Waals surface area contributed by atoms with Crippen LogP contribution >= 0.6 is 0 Å². The molecule has 0 amide bonds. The maximum Gasteiger partial charge on any atom is 0.160 e. The van der Waals surface area contributed by atoms with Crippen LogP contribution in [0.5, 0.6) is 5.75 Å². The van der Waals surface area contributed by atoms with Crippen molar-refractivity contribution in [3.8, 4) is 17.0 Å². The van der Waals surface area contributed by atoms with E-state index >= 15 is 0 Å². The summed E-state index contributed by atoms with van der Waals surface area (Å²) in [4.78, 5) is 0. The number of benzene rings is 2. The van der Waals surface area contributed by atoms with Crippen molar-refractivity contribution in [2.45, 2.75) is 6.10 Å². The minimum atomic E-state index is 0.259. The van der Waals surface area contributed by atoms with Gasteiger partial charge in [0.05, 0.1) is 6.61 Å². The molecule has 0 N–H and O–H groups in total. The molecule has 3 aromatic rings. The van der Waals surface area contributed by atoms with E-state index in [0.29, 0.717) is 12.4 Å². The van der Waals surface area contributed by atoms with Crippen LogP contribution in [0.25, 0.3) is 23.4 Å². The molecule has 0 spiro atoms. The molecule has 120 valence electrons. The first-order chi connectivity index (χ1) is 11.9. The zero-order chi connectivity index (χ0) is 16.2. The summed E-state index contributed by atoms with van der Waals surface area (Å²) in [7, 11) is 0. The second-order valence-electron chi connectivity index (χ2n) is 5.65. The average Bonchev–Trinajstić information content (AvgIpc) is 3.35. The molecule has 0 aliphatic carbocycles. The molecule has 0 radical (unpaired) electrons. The molecule has 0 bridgehead atoms. The monoisotopic (exact) mass is 319 g/mol. The lowest BCUT2D eigenvalue weighted by Crippen LogP contribution is -2.03. The van der Waals surface area contributed by atoms with Crippen molar-refractivity contribution >= 4 is 12.2 Å². The van der Waals surface area contributed by atoms with Gasteiger partial charge in [0.15, 0.2) is 5.76 Å². The maximum absolute atomic E-state index is 5.69. The molecule has 1 aliphatic heterocycles. The molecular formula is C20H17NO3. The summed E-state index contributed by atoms with van der Waals surface area (Å²) in [6, 6.07) is 19.8. The summed E-state index contributed by atoms with van der Waals surface area (Å²) in [6.45, 7) is 1.41. The van der Waals surface area contributed by atoms with Crippen molar-refractivity contribution in [3.63, 3.8) is 0 Å². The van der Waals surface area contributed by atoms with E-state index in [1.54, 1.807) is 0 Å². The highest BCUT2D eigenvalue weighted by Gasteiger charge is 2.22. The smallest absolute Gasteiger partial charge is 0.160 e. The van der Waals surface area contributed by atoms with Gasteiger partial charge in [0.2, 0.25) is 0 Å². The first-order valence-corrected chi connectivity index (χ1v) is 7.91. The molecule has 1 aromatic heterocycles. The van der Waals surface area contributed by atoms with E-state index in [9.17, 15) is 0 Å². The molecule has 4 rings (SSSR count). The van der Waals surface area contributed by atoms with Crippen molar-refractivity contribution in [1.82, 2.24) is 5.16 Å². The fourth-order valence-electron chi connectivity index (χ4n) is 2.35. The van der Waals surface area contributed by atoms with Crippen molar-refractivity contribution in [2.24, 2.45) is 0 Å². The fourth-order valence-corrected chi connectivity index (χ4v) is 2.35. The van der Waals surface area contributed by atoms with Crippen LogP contribution in [0.1, 0.15) is 11.3 Å². The Labute approximate surface area is 140 Å². The van der Waals surface area contributed by atoms with Crippen molar-refractivity contribution in [2.75, 3.05) is 13.2 Å². The van der Waals surface area contributed by atoms with Gasteiger partial charge in [-0.25, -0.2) is 0 Å². The van der Waals surface area contributed by atoms with E-state index < -0.39 is 0 Å². The number of ether oxygens (including phenoxy) is 2. The molecule has 4 nitrogen and oxygen atoms in total. The second-order valence-corrected chi connectivity index (χ2v) is 5.65. The molecular weight excluding hydrogens is 302 g/mol. The molecule has 1 aliphatic rings. The Balaban J connectivity index is 1.45. The van der Waals surface area contributed by atoms with Crippen LogP contribution < -0.4 is 4.74 Å².